The van der Waals surface area contributed by atoms with Crippen LogP contribution in [0, 0.1) is 0 Å². The summed E-state index contributed by atoms with van der Waals surface area (Å²) >= 11 is 0. The van der Waals surface area contributed by atoms with Crippen LogP contribution in [0.4, 0.5) is 8.78 Å². The molecule has 0 spiro atoms. The van der Waals surface area contributed by atoms with E-state index < -0.39 is 5.92 Å². The summed E-state index contributed by atoms with van der Waals surface area (Å²) in [6, 6.07) is 16.8. The first-order valence-electron chi connectivity index (χ1n) is 6.35. The summed E-state index contributed by atoms with van der Waals surface area (Å²) in [5.74, 6) is -2.60. The minimum Gasteiger partial charge on any atom is -0.456 e. The first kappa shape index (κ1) is 11.4. The first-order valence-corrected chi connectivity index (χ1v) is 6.35. The summed E-state index contributed by atoms with van der Waals surface area (Å²) in [6.45, 7) is 0. The smallest absolute Gasteiger partial charge is 0.306 e. The average Bonchev–Trinajstić information content (AvgIpc) is 2.46. The van der Waals surface area contributed by atoms with E-state index in [-0.39, 0.29) is 22.6 Å². The fourth-order valence-corrected chi connectivity index (χ4v) is 2.73. The maximum absolute atomic E-state index is 14.8. The van der Waals surface area contributed by atoms with Gasteiger partial charge in [-0.15, -0.1) is 0 Å². The Hall–Kier alpha value is -2.42. The predicted molar refractivity (Wildman–Crippen MR) is 73.5 cm³/mol. The normalized spacial score (nSPS) is 15.3. The molecule has 1 heterocycles. The van der Waals surface area contributed by atoms with Crippen molar-refractivity contribution < 1.29 is 13.5 Å². The molecule has 0 amide bonds. The second kappa shape index (κ2) is 3.79. The van der Waals surface area contributed by atoms with E-state index in [1.54, 1.807) is 42.5 Å². The molecule has 0 radical (unpaired) electrons. The summed E-state index contributed by atoms with van der Waals surface area (Å²) in [5, 5.41) is 1.32. The van der Waals surface area contributed by atoms with Gasteiger partial charge in [0.15, 0.2) is 0 Å². The van der Waals surface area contributed by atoms with E-state index in [0.29, 0.717) is 5.39 Å². The number of benzene rings is 3. The van der Waals surface area contributed by atoms with Crippen LogP contribution >= 0.6 is 0 Å². The molecule has 1 aliphatic heterocycles. The van der Waals surface area contributed by atoms with Gasteiger partial charge in [0.25, 0.3) is 0 Å². The average molecular weight is 268 g/mol. The van der Waals surface area contributed by atoms with Crippen molar-refractivity contribution in [3.05, 3.63) is 71.8 Å². The Kier molecular flexibility index (Phi) is 2.16. The minimum absolute atomic E-state index is 0.0469. The van der Waals surface area contributed by atoms with E-state index in [1.807, 2.05) is 12.1 Å². The van der Waals surface area contributed by atoms with Gasteiger partial charge in [-0.25, -0.2) is 0 Å². The number of fused-ring (bicyclic) bond motifs is 4. The van der Waals surface area contributed by atoms with Gasteiger partial charge < -0.3 is 4.74 Å². The molecule has 0 unspecified atom stereocenters. The van der Waals surface area contributed by atoms with Crippen molar-refractivity contribution in [1.82, 2.24) is 0 Å². The summed E-state index contributed by atoms with van der Waals surface area (Å²) in [5.41, 5.74) is -0.127. The Morgan fingerprint density at radius 2 is 1.50 bits per heavy atom. The molecule has 1 nitrogen and oxygen atoms in total. The first-order chi connectivity index (χ1) is 9.68. The molecule has 0 fully saturated rings. The third kappa shape index (κ3) is 1.40. The lowest BCUT2D eigenvalue weighted by atomic mass is 9.91. The van der Waals surface area contributed by atoms with Crippen molar-refractivity contribution in [2.75, 3.05) is 0 Å². The Morgan fingerprint density at radius 3 is 2.40 bits per heavy atom. The second-order valence-electron chi connectivity index (χ2n) is 4.83. The van der Waals surface area contributed by atoms with Gasteiger partial charge in [0.05, 0.1) is 11.1 Å². The van der Waals surface area contributed by atoms with Crippen molar-refractivity contribution in [3.63, 3.8) is 0 Å². The molecule has 0 bridgehead atoms. The molecule has 0 atom stereocenters. The second-order valence-corrected chi connectivity index (χ2v) is 4.83. The van der Waals surface area contributed by atoms with E-state index in [0.717, 1.165) is 5.39 Å². The molecule has 3 heteroatoms. The highest BCUT2D eigenvalue weighted by Crippen LogP contribution is 2.52. The van der Waals surface area contributed by atoms with E-state index in [1.165, 1.54) is 6.07 Å². The fourth-order valence-electron chi connectivity index (χ4n) is 2.73. The Bertz CT molecular complexity index is 824. The van der Waals surface area contributed by atoms with E-state index in [2.05, 4.69) is 0 Å². The van der Waals surface area contributed by atoms with Crippen LogP contribution in [0.5, 0.6) is 11.5 Å². The zero-order valence-electron chi connectivity index (χ0n) is 10.4. The molecular weight excluding hydrogens is 258 g/mol. The molecule has 4 rings (SSSR count). The zero-order chi connectivity index (χ0) is 13.7. The van der Waals surface area contributed by atoms with Crippen LogP contribution in [0.2, 0.25) is 0 Å². The molecule has 3 aromatic carbocycles. The number of hydrogen-bond donors (Lipinski definition) is 0. The highest BCUT2D eigenvalue weighted by Gasteiger charge is 2.44. The number of para-hydroxylation sites is 1. The largest absolute Gasteiger partial charge is 0.456 e. The van der Waals surface area contributed by atoms with Gasteiger partial charge in [0.1, 0.15) is 11.5 Å². The van der Waals surface area contributed by atoms with Crippen LogP contribution in [-0.2, 0) is 5.92 Å². The topological polar surface area (TPSA) is 9.23 Å². The van der Waals surface area contributed by atoms with Crippen molar-refractivity contribution in [2.45, 2.75) is 5.92 Å². The molecule has 98 valence electrons. The van der Waals surface area contributed by atoms with Crippen LogP contribution < -0.4 is 4.74 Å². The molecule has 0 aliphatic carbocycles. The van der Waals surface area contributed by atoms with Gasteiger partial charge >= 0.3 is 5.92 Å². The van der Waals surface area contributed by atoms with Crippen LogP contribution in [-0.4, -0.2) is 0 Å². The van der Waals surface area contributed by atoms with Gasteiger partial charge in [0, 0.05) is 0 Å². The minimum atomic E-state index is -3.05. The predicted octanol–water partition coefficient (Wildman–Crippen LogP) is 5.09. The summed E-state index contributed by atoms with van der Waals surface area (Å²) in [6.07, 6.45) is 0. The fraction of sp³-hybridized carbons (Fsp3) is 0.0588. The molecule has 0 N–H and O–H groups in total. The van der Waals surface area contributed by atoms with Crippen LogP contribution in [0.15, 0.2) is 60.7 Å². The quantitative estimate of drug-likeness (QED) is 0.552. The van der Waals surface area contributed by atoms with Crippen molar-refractivity contribution in [3.8, 4) is 11.5 Å². The maximum Gasteiger partial charge on any atom is 0.306 e. The summed E-state index contributed by atoms with van der Waals surface area (Å²) < 4.78 is 35.3. The maximum atomic E-state index is 14.8. The molecule has 0 saturated heterocycles. The lowest BCUT2D eigenvalue weighted by molar-refractivity contribution is 0.0340. The highest BCUT2D eigenvalue weighted by atomic mass is 19.3. The highest BCUT2D eigenvalue weighted by molar-refractivity contribution is 5.89. The van der Waals surface area contributed by atoms with Crippen molar-refractivity contribution in [1.29, 1.82) is 0 Å². The molecule has 3 aromatic rings. The third-order valence-electron chi connectivity index (χ3n) is 3.65. The zero-order valence-corrected chi connectivity index (χ0v) is 10.4. The van der Waals surface area contributed by atoms with E-state index in [4.69, 9.17) is 4.74 Å². The molecule has 20 heavy (non-hydrogen) atoms. The molecular formula is C17H10F2O. The number of ether oxygens (including phenoxy) is 1. The number of hydrogen-bond acceptors (Lipinski definition) is 1. The number of rotatable bonds is 0. The third-order valence-corrected chi connectivity index (χ3v) is 3.65. The molecule has 0 saturated carbocycles. The standard InChI is InChI=1S/C17H10F2O/c18-17(19)13-7-3-4-8-14(13)20-15-10-9-11-5-1-2-6-12(11)16(15)17/h1-10H. The van der Waals surface area contributed by atoms with Crippen molar-refractivity contribution in [2.24, 2.45) is 0 Å². The molecule has 0 aromatic heterocycles. The van der Waals surface area contributed by atoms with Gasteiger partial charge in [-0.05, 0) is 29.0 Å². The lowest BCUT2D eigenvalue weighted by Gasteiger charge is -2.28. The SMILES string of the molecule is FC1(F)c2ccccc2Oc2ccc3ccccc3c21. The monoisotopic (exact) mass is 268 g/mol. The Morgan fingerprint density at radius 1 is 0.750 bits per heavy atom. The van der Waals surface area contributed by atoms with Gasteiger partial charge in [-0.2, -0.15) is 8.78 Å². The van der Waals surface area contributed by atoms with E-state index >= 15 is 0 Å². The number of halogens is 2. The van der Waals surface area contributed by atoms with Crippen LogP contribution in [0.3, 0.4) is 0 Å². The lowest BCUT2D eigenvalue weighted by Crippen LogP contribution is -2.21. The van der Waals surface area contributed by atoms with Crippen LogP contribution in [0.1, 0.15) is 11.1 Å². The van der Waals surface area contributed by atoms with Gasteiger partial charge in [0.2, 0.25) is 0 Å². The van der Waals surface area contributed by atoms with Gasteiger partial charge in [-0.1, -0.05) is 42.5 Å². The number of alkyl halides is 2. The summed E-state index contributed by atoms with van der Waals surface area (Å²) in [4.78, 5) is 0. The Labute approximate surface area is 114 Å². The Balaban J connectivity index is 2.10. The summed E-state index contributed by atoms with van der Waals surface area (Å²) in [7, 11) is 0. The van der Waals surface area contributed by atoms with Crippen LogP contribution in [0.25, 0.3) is 10.8 Å². The molecule has 1 aliphatic rings. The van der Waals surface area contributed by atoms with Gasteiger partial charge in [-0.3, -0.25) is 0 Å². The van der Waals surface area contributed by atoms with Crippen molar-refractivity contribution >= 4 is 10.8 Å². The van der Waals surface area contributed by atoms with E-state index in [9.17, 15) is 8.78 Å².